The van der Waals surface area contributed by atoms with Crippen molar-refractivity contribution >= 4 is 5.91 Å². The van der Waals surface area contributed by atoms with Crippen LogP contribution in [0.5, 0.6) is 5.75 Å². The highest BCUT2D eigenvalue weighted by Gasteiger charge is 2.26. The van der Waals surface area contributed by atoms with Crippen LogP contribution in [-0.2, 0) is 11.2 Å². The van der Waals surface area contributed by atoms with Gasteiger partial charge in [0.1, 0.15) is 18.2 Å². The highest BCUT2D eigenvalue weighted by Crippen LogP contribution is 2.29. The number of nitrogens with one attached hydrogen (secondary N) is 1. The molecule has 1 aromatic rings. The quantitative estimate of drug-likeness (QED) is 0.814. The van der Waals surface area contributed by atoms with Gasteiger partial charge in [-0.25, -0.2) is 4.39 Å². The summed E-state index contributed by atoms with van der Waals surface area (Å²) >= 11 is 0. The largest absolute Gasteiger partial charge is 0.492 e. The van der Waals surface area contributed by atoms with Crippen molar-refractivity contribution in [1.82, 2.24) is 5.32 Å². The zero-order valence-corrected chi connectivity index (χ0v) is 14.0. The summed E-state index contributed by atoms with van der Waals surface area (Å²) in [5.74, 6) is 0.452. The van der Waals surface area contributed by atoms with E-state index in [1.807, 2.05) is 0 Å². The van der Waals surface area contributed by atoms with E-state index in [0.29, 0.717) is 31.2 Å². The SMILES string of the molecule is O=C(NCCCC1CCCCC1O)C1COc2ccc(F)cc2C1. The number of aliphatic hydroxyl groups is 1. The van der Waals surface area contributed by atoms with Crippen molar-refractivity contribution in [3.05, 3.63) is 29.6 Å². The average molecular weight is 335 g/mol. The second kappa shape index (κ2) is 7.97. The first-order valence-corrected chi connectivity index (χ1v) is 9.00. The van der Waals surface area contributed by atoms with Gasteiger partial charge in [-0.3, -0.25) is 4.79 Å². The first-order chi connectivity index (χ1) is 11.6. The maximum absolute atomic E-state index is 13.3. The summed E-state index contributed by atoms with van der Waals surface area (Å²) in [4.78, 5) is 12.3. The number of benzene rings is 1. The molecule has 2 N–H and O–H groups in total. The zero-order chi connectivity index (χ0) is 16.9. The molecule has 1 amide bonds. The van der Waals surface area contributed by atoms with Crippen molar-refractivity contribution in [3.63, 3.8) is 0 Å². The molecule has 0 saturated heterocycles. The highest BCUT2D eigenvalue weighted by atomic mass is 19.1. The van der Waals surface area contributed by atoms with E-state index in [4.69, 9.17) is 4.74 Å². The number of rotatable bonds is 5. The topological polar surface area (TPSA) is 58.6 Å². The van der Waals surface area contributed by atoms with Gasteiger partial charge in [-0.2, -0.15) is 0 Å². The molecule has 4 nitrogen and oxygen atoms in total. The van der Waals surface area contributed by atoms with Gasteiger partial charge >= 0.3 is 0 Å². The summed E-state index contributed by atoms with van der Waals surface area (Å²) in [6, 6.07) is 4.44. The van der Waals surface area contributed by atoms with E-state index in [-0.39, 0.29) is 23.7 Å². The van der Waals surface area contributed by atoms with E-state index in [0.717, 1.165) is 37.7 Å². The van der Waals surface area contributed by atoms with Crippen LogP contribution in [0.15, 0.2) is 18.2 Å². The van der Waals surface area contributed by atoms with Crippen molar-refractivity contribution in [2.24, 2.45) is 11.8 Å². The van der Waals surface area contributed by atoms with Gasteiger partial charge in [-0.15, -0.1) is 0 Å². The summed E-state index contributed by atoms with van der Waals surface area (Å²) < 4.78 is 18.9. The zero-order valence-electron chi connectivity index (χ0n) is 14.0. The summed E-state index contributed by atoms with van der Waals surface area (Å²) in [5, 5.41) is 12.9. The lowest BCUT2D eigenvalue weighted by molar-refractivity contribution is -0.126. The molecular weight excluding hydrogens is 309 g/mol. The number of hydrogen-bond acceptors (Lipinski definition) is 3. The fourth-order valence-corrected chi connectivity index (χ4v) is 3.78. The predicted molar refractivity (Wildman–Crippen MR) is 89.3 cm³/mol. The van der Waals surface area contributed by atoms with Crippen molar-refractivity contribution < 1.29 is 19.0 Å². The maximum atomic E-state index is 13.3. The first-order valence-electron chi connectivity index (χ1n) is 9.00. The molecule has 0 bridgehead atoms. The molecule has 3 atom stereocenters. The molecular formula is C19H26FNO3. The lowest BCUT2D eigenvalue weighted by Crippen LogP contribution is -2.38. The Kier molecular flexibility index (Phi) is 5.72. The maximum Gasteiger partial charge on any atom is 0.226 e. The lowest BCUT2D eigenvalue weighted by atomic mass is 9.83. The van der Waals surface area contributed by atoms with Crippen LogP contribution in [0.1, 0.15) is 44.1 Å². The Labute approximate surface area is 142 Å². The minimum atomic E-state index is -0.301. The molecule has 1 fully saturated rings. The molecule has 1 aliphatic heterocycles. The Morgan fingerprint density at radius 1 is 1.33 bits per heavy atom. The van der Waals surface area contributed by atoms with Gasteiger partial charge in [0, 0.05) is 6.54 Å². The Morgan fingerprint density at radius 2 is 2.17 bits per heavy atom. The number of carbonyl (C=O) groups excluding carboxylic acids is 1. The van der Waals surface area contributed by atoms with E-state index < -0.39 is 0 Å². The molecule has 1 aliphatic carbocycles. The molecule has 5 heteroatoms. The molecule has 0 radical (unpaired) electrons. The fourth-order valence-electron chi connectivity index (χ4n) is 3.78. The number of carbonyl (C=O) groups is 1. The van der Waals surface area contributed by atoms with Crippen LogP contribution in [-0.4, -0.2) is 30.3 Å². The summed E-state index contributed by atoms with van der Waals surface area (Å²) in [7, 11) is 0. The second-order valence-electron chi connectivity index (χ2n) is 7.01. The molecule has 1 aromatic carbocycles. The number of aliphatic hydroxyl groups excluding tert-OH is 1. The van der Waals surface area contributed by atoms with Crippen molar-refractivity contribution in [2.45, 2.75) is 51.0 Å². The van der Waals surface area contributed by atoms with Crippen LogP contribution in [0.3, 0.4) is 0 Å². The van der Waals surface area contributed by atoms with Gasteiger partial charge in [0.15, 0.2) is 0 Å². The van der Waals surface area contributed by atoms with E-state index in [1.165, 1.54) is 18.6 Å². The van der Waals surface area contributed by atoms with Crippen LogP contribution in [0.4, 0.5) is 4.39 Å². The fraction of sp³-hybridized carbons (Fsp3) is 0.632. The van der Waals surface area contributed by atoms with Gasteiger partial charge in [0.2, 0.25) is 5.91 Å². The Morgan fingerprint density at radius 3 is 3.00 bits per heavy atom. The van der Waals surface area contributed by atoms with Crippen molar-refractivity contribution in [1.29, 1.82) is 0 Å². The van der Waals surface area contributed by atoms with E-state index >= 15 is 0 Å². The van der Waals surface area contributed by atoms with Gasteiger partial charge < -0.3 is 15.2 Å². The van der Waals surface area contributed by atoms with E-state index in [2.05, 4.69) is 5.32 Å². The minimum Gasteiger partial charge on any atom is -0.492 e. The van der Waals surface area contributed by atoms with Crippen LogP contribution in [0, 0.1) is 17.7 Å². The number of fused-ring (bicyclic) bond motifs is 1. The van der Waals surface area contributed by atoms with Gasteiger partial charge in [-0.1, -0.05) is 12.8 Å². The van der Waals surface area contributed by atoms with Gasteiger partial charge in [0.25, 0.3) is 0 Å². The summed E-state index contributed by atoms with van der Waals surface area (Å²) in [6.45, 7) is 0.959. The van der Waals surface area contributed by atoms with Gasteiger partial charge in [0.05, 0.1) is 12.0 Å². The Balaban J connectivity index is 1.41. The third kappa shape index (κ3) is 4.26. The van der Waals surface area contributed by atoms with Crippen molar-refractivity contribution in [3.8, 4) is 5.75 Å². The Bertz CT molecular complexity index is 578. The summed E-state index contributed by atoms with van der Waals surface area (Å²) in [5.41, 5.74) is 0.756. The van der Waals surface area contributed by atoms with Crippen molar-refractivity contribution in [2.75, 3.05) is 13.2 Å². The van der Waals surface area contributed by atoms with Crippen LogP contribution >= 0.6 is 0 Å². The first kappa shape index (κ1) is 17.2. The average Bonchev–Trinajstić information content (AvgIpc) is 2.59. The number of halogens is 1. The third-order valence-corrected chi connectivity index (χ3v) is 5.22. The minimum absolute atomic E-state index is 0.0332. The second-order valence-corrected chi connectivity index (χ2v) is 7.01. The molecule has 1 heterocycles. The van der Waals surface area contributed by atoms with Gasteiger partial charge in [-0.05, 0) is 61.8 Å². The lowest BCUT2D eigenvalue weighted by Gasteiger charge is -2.27. The molecule has 24 heavy (non-hydrogen) atoms. The number of amides is 1. The predicted octanol–water partition coefficient (Wildman–Crippen LogP) is 2.82. The molecule has 0 spiro atoms. The Hall–Kier alpha value is -1.62. The van der Waals surface area contributed by atoms with Crippen LogP contribution in [0.25, 0.3) is 0 Å². The molecule has 2 aliphatic rings. The van der Waals surface area contributed by atoms with Crippen LogP contribution in [0.2, 0.25) is 0 Å². The molecule has 132 valence electrons. The van der Waals surface area contributed by atoms with E-state index in [9.17, 15) is 14.3 Å². The molecule has 3 rings (SSSR count). The standard InChI is InChI=1S/C19H26FNO3/c20-16-7-8-18-14(11-16)10-15(12-24-18)19(23)21-9-3-5-13-4-1-2-6-17(13)22/h7-8,11,13,15,17,22H,1-6,9-10,12H2,(H,21,23). The number of ether oxygens (including phenoxy) is 1. The molecule has 1 saturated carbocycles. The van der Waals surface area contributed by atoms with E-state index in [1.54, 1.807) is 6.07 Å². The van der Waals surface area contributed by atoms with Crippen LogP contribution < -0.4 is 10.1 Å². The highest BCUT2D eigenvalue weighted by molar-refractivity contribution is 5.79. The number of hydrogen-bond donors (Lipinski definition) is 2. The normalized spacial score (nSPS) is 26.3. The third-order valence-electron chi connectivity index (χ3n) is 5.22. The smallest absolute Gasteiger partial charge is 0.226 e. The monoisotopic (exact) mass is 335 g/mol. The summed E-state index contributed by atoms with van der Waals surface area (Å²) in [6.07, 6.45) is 6.50. The molecule has 3 unspecified atom stereocenters. The molecule has 0 aromatic heterocycles.